The first-order chi connectivity index (χ1) is 9.04. The summed E-state index contributed by atoms with van der Waals surface area (Å²) >= 11 is 1.67. The van der Waals surface area contributed by atoms with E-state index in [9.17, 15) is 5.11 Å². The maximum absolute atomic E-state index is 9.82. The van der Waals surface area contributed by atoms with Crippen LogP contribution in [-0.2, 0) is 0 Å². The second kappa shape index (κ2) is 4.65. The van der Waals surface area contributed by atoms with E-state index in [4.69, 9.17) is 5.73 Å². The van der Waals surface area contributed by atoms with Crippen molar-refractivity contribution in [3.63, 3.8) is 0 Å². The van der Waals surface area contributed by atoms with E-state index in [1.165, 1.54) is 0 Å². The zero-order valence-electron chi connectivity index (χ0n) is 11.3. The molecule has 1 aliphatic rings. The molecular formula is C14H19N3OS. The SMILES string of the molecule is Cc1nc2cc(N3CCC(O)C(C)C3)c(N)cc2s1. The molecule has 3 N–H and O–H groups in total. The van der Waals surface area contributed by atoms with E-state index < -0.39 is 0 Å². The maximum atomic E-state index is 9.82. The number of hydrogen-bond acceptors (Lipinski definition) is 5. The number of piperidine rings is 1. The third kappa shape index (κ3) is 2.28. The molecule has 0 saturated carbocycles. The van der Waals surface area contributed by atoms with Crippen LogP contribution in [0.25, 0.3) is 10.2 Å². The largest absolute Gasteiger partial charge is 0.397 e. The minimum Gasteiger partial charge on any atom is -0.397 e. The average Bonchev–Trinajstić information content (AvgIpc) is 2.71. The van der Waals surface area contributed by atoms with Crippen LogP contribution in [0.2, 0.25) is 0 Å². The third-order valence-electron chi connectivity index (χ3n) is 3.84. The number of anilines is 2. The monoisotopic (exact) mass is 277 g/mol. The molecule has 102 valence electrons. The summed E-state index contributed by atoms with van der Waals surface area (Å²) in [6.45, 7) is 5.79. The zero-order chi connectivity index (χ0) is 13.6. The number of hydrogen-bond donors (Lipinski definition) is 2. The van der Waals surface area contributed by atoms with E-state index in [1.807, 2.05) is 13.0 Å². The van der Waals surface area contributed by atoms with Crippen molar-refractivity contribution in [2.45, 2.75) is 26.4 Å². The van der Waals surface area contributed by atoms with Gasteiger partial charge in [-0.15, -0.1) is 11.3 Å². The Balaban J connectivity index is 1.97. The molecule has 0 aliphatic carbocycles. The van der Waals surface area contributed by atoms with Crippen molar-refractivity contribution < 1.29 is 5.11 Å². The Morgan fingerprint density at radius 2 is 2.26 bits per heavy atom. The Kier molecular flexibility index (Phi) is 3.11. The number of thiazole rings is 1. The average molecular weight is 277 g/mol. The van der Waals surface area contributed by atoms with Crippen LogP contribution in [0.15, 0.2) is 12.1 Å². The van der Waals surface area contributed by atoms with Gasteiger partial charge in [-0.1, -0.05) is 6.92 Å². The Morgan fingerprint density at radius 1 is 1.47 bits per heavy atom. The molecule has 0 bridgehead atoms. The second-order valence-corrected chi connectivity index (χ2v) is 6.63. The Labute approximate surface area is 116 Å². The van der Waals surface area contributed by atoms with E-state index in [0.29, 0.717) is 0 Å². The summed E-state index contributed by atoms with van der Waals surface area (Å²) in [6.07, 6.45) is 0.608. The number of aryl methyl sites for hydroxylation is 1. The van der Waals surface area contributed by atoms with Gasteiger partial charge in [0.25, 0.3) is 0 Å². The molecule has 3 rings (SSSR count). The normalized spacial score (nSPS) is 24.1. The highest BCUT2D eigenvalue weighted by Crippen LogP contribution is 2.34. The molecule has 0 radical (unpaired) electrons. The maximum Gasteiger partial charge on any atom is 0.0907 e. The lowest BCUT2D eigenvalue weighted by molar-refractivity contribution is 0.0971. The quantitative estimate of drug-likeness (QED) is 0.786. The number of nitrogen functional groups attached to an aromatic ring is 1. The van der Waals surface area contributed by atoms with Gasteiger partial charge < -0.3 is 15.7 Å². The van der Waals surface area contributed by atoms with Crippen LogP contribution in [0.5, 0.6) is 0 Å². The minimum atomic E-state index is -0.192. The fourth-order valence-electron chi connectivity index (χ4n) is 2.72. The molecule has 2 unspecified atom stereocenters. The molecule has 1 saturated heterocycles. The molecule has 5 heteroatoms. The molecule has 1 aromatic carbocycles. The molecule has 1 aliphatic heterocycles. The van der Waals surface area contributed by atoms with Gasteiger partial charge in [0.05, 0.1) is 32.7 Å². The van der Waals surface area contributed by atoms with Crippen molar-refractivity contribution in [1.82, 2.24) is 4.98 Å². The van der Waals surface area contributed by atoms with E-state index in [0.717, 1.165) is 46.1 Å². The molecule has 0 amide bonds. The van der Waals surface area contributed by atoms with Gasteiger partial charge in [0.15, 0.2) is 0 Å². The molecule has 2 aromatic rings. The predicted molar refractivity (Wildman–Crippen MR) is 80.8 cm³/mol. The fraction of sp³-hybridized carbons (Fsp3) is 0.500. The van der Waals surface area contributed by atoms with Crippen LogP contribution in [0.3, 0.4) is 0 Å². The standard InChI is InChI=1S/C14H19N3OS/c1-8-7-17(4-3-13(8)18)12-6-11-14(5-10(12)15)19-9(2)16-11/h5-6,8,13,18H,3-4,7,15H2,1-2H3. The van der Waals surface area contributed by atoms with E-state index in [2.05, 4.69) is 22.9 Å². The summed E-state index contributed by atoms with van der Waals surface area (Å²) in [5.74, 6) is 0.279. The Bertz CT molecular complexity index is 610. The molecule has 1 aromatic heterocycles. The first kappa shape index (κ1) is 12.7. The number of aliphatic hydroxyl groups is 1. The molecule has 2 heterocycles. The topological polar surface area (TPSA) is 62.4 Å². The van der Waals surface area contributed by atoms with Crippen molar-refractivity contribution in [2.24, 2.45) is 5.92 Å². The van der Waals surface area contributed by atoms with E-state index >= 15 is 0 Å². The van der Waals surface area contributed by atoms with Crippen molar-refractivity contribution in [2.75, 3.05) is 23.7 Å². The summed E-state index contributed by atoms with van der Waals surface area (Å²) in [5.41, 5.74) is 9.06. The van der Waals surface area contributed by atoms with Crippen LogP contribution in [0.1, 0.15) is 18.4 Å². The number of fused-ring (bicyclic) bond motifs is 1. The fourth-order valence-corrected chi connectivity index (χ4v) is 3.58. The predicted octanol–water partition coefficient (Wildman–Crippen LogP) is 2.39. The smallest absolute Gasteiger partial charge is 0.0907 e. The highest BCUT2D eigenvalue weighted by atomic mass is 32.1. The molecule has 4 nitrogen and oxygen atoms in total. The lowest BCUT2D eigenvalue weighted by Crippen LogP contribution is -2.42. The van der Waals surface area contributed by atoms with Crippen LogP contribution < -0.4 is 10.6 Å². The van der Waals surface area contributed by atoms with Gasteiger partial charge in [-0.3, -0.25) is 0 Å². The molecule has 1 fully saturated rings. The third-order valence-corrected chi connectivity index (χ3v) is 4.78. The second-order valence-electron chi connectivity index (χ2n) is 5.39. The number of rotatable bonds is 1. The van der Waals surface area contributed by atoms with Gasteiger partial charge in [0.1, 0.15) is 0 Å². The van der Waals surface area contributed by atoms with Crippen LogP contribution in [0, 0.1) is 12.8 Å². The van der Waals surface area contributed by atoms with Crippen molar-refractivity contribution in [3.8, 4) is 0 Å². The first-order valence-electron chi connectivity index (χ1n) is 6.64. The van der Waals surface area contributed by atoms with Gasteiger partial charge >= 0.3 is 0 Å². The van der Waals surface area contributed by atoms with Gasteiger partial charge in [-0.25, -0.2) is 4.98 Å². The van der Waals surface area contributed by atoms with Gasteiger partial charge in [0.2, 0.25) is 0 Å². The minimum absolute atomic E-state index is 0.192. The number of aliphatic hydroxyl groups excluding tert-OH is 1. The number of aromatic nitrogens is 1. The van der Waals surface area contributed by atoms with Crippen molar-refractivity contribution in [1.29, 1.82) is 0 Å². The van der Waals surface area contributed by atoms with E-state index in [1.54, 1.807) is 11.3 Å². The summed E-state index contributed by atoms with van der Waals surface area (Å²) < 4.78 is 1.14. The lowest BCUT2D eigenvalue weighted by atomic mass is 9.96. The summed E-state index contributed by atoms with van der Waals surface area (Å²) in [5, 5.41) is 10.9. The molecular weight excluding hydrogens is 258 g/mol. The summed E-state index contributed by atoms with van der Waals surface area (Å²) in [6, 6.07) is 4.10. The van der Waals surface area contributed by atoms with E-state index in [-0.39, 0.29) is 12.0 Å². The van der Waals surface area contributed by atoms with Crippen LogP contribution in [-0.4, -0.2) is 29.3 Å². The van der Waals surface area contributed by atoms with Gasteiger partial charge in [-0.05, 0) is 31.4 Å². The van der Waals surface area contributed by atoms with Crippen molar-refractivity contribution >= 4 is 32.9 Å². The number of nitrogens with two attached hydrogens (primary N) is 1. The Morgan fingerprint density at radius 3 is 3.00 bits per heavy atom. The molecule has 2 atom stereocenters. The van der Waals surface area contributed by atoms with Crippen LogP contribution >= 0.6 is 11.3 Å². The van der Waals surface area contributed by atoms with Gasteiger partial charge in [-0.2, -0.15) is 0 Å². The first-order valence-corrected chi connectivity index (χ1v) is 7.46. The van der Waals surface area contributed by atoms with Gasteiger partial charge in [0, 0.05) is 13.1 Å². The van der Waals surface area contributed by atoms with Crippen LogP contribution in [0.4, 0.5) is 11.4 Å². The zero-order valence-corrected chi connectivity index (χ0v) is 12.1. The lowest BCUT2D eigenvalue weighted by Gasteiger charge is -2.36. The Hall–Kier alpha value is -1.33. The highest BCUT2D eigenvalue weighted by molar-refractivity contribution is 7.18. The summed E-state index contributed by atoms with van der Waals surface area (Å²) in [7, 11) is 0. The molecule has 19 heavy (non-hydrogen) atoms. The number of nitrogens with zero attached hydrogens (tertiary/aromatic N) is 2. The highest BCUT2D eigenvalue weighted by Gasteiger charge is 2.25. The number of benzene rings is 1. The van der Waals surface area contributed by atoms with Crippen molar-refractivity contribution in [3.05, 3.63) is 17.1 Å². The summed E-state index contributed by atoms with van der Waals surface area (Å²) in [4.78, 5) is 6.80. The molecule has 0 spiro atoms.